The maximum atomic E-state index is 13.0. The third-order valence-electron chi connectivity index (χ3n) is 6.94. The van der Waals surface area contributed by atoms with Gasteiger partial charge in [0.25, 0.3) is 0 Å². The van der Waals surface area contributed by atoms with Gasteiger partial charge in [0.15, 0.2) is 12.8 Å². The number of ether oxygens (including phenoxy) is 1. The van der Waals surface area contributed by atoms with Crippen LogP contribution in [0, 0.1) is 17.5 Å². The molecule has 8 nitrogen and oxygen atoms in total. The van der Waals surface area contributed by atoms with E-state index in [-0.39, 0.29) is 24.0 Å². The average molecular weight is 465 g/mol. The highest BCUT2D eigenvalue weighted by Gasteiger charge is 2.40. The van der Waals surface area contributed by atoms with Gasteiger partial charge in [0.1, 0.15) is 5.82 Å². The van der Waals surface area contributed by atoms with E-state index in [1.807, 2.05) is 30.5 Å². The number of fused-ring (bicyclic) bond motifs is 3. The van der Waals surface area contributed by atoms with Gasteiger partial charge in [-0.05, 0) is 49.0 Å². The Morgan fingerprint density at radius 3 is 3.09 bits per heavy atom. The predicted octanol–water partition coefficient (Wildman–Crippen LogP) is 2.74. The van der Waals surface area contributed by atoms with Gasteiger partial charge in [-0.1, -0.05) is 0 Å². The Labute approximate surface area is 202 Å². The smallest absolute Gasteiger partial charge is 0.378 e. The van der Waals surface area contributed by atoms with Gasteiger partial charge in [0.2, 0.25) is 5.52 Å². The Hall–Kier alpha value is -4.14. The number of pyridine rings is 1. The minimum atomic E-state index is -0.0661. The molecule has 4 aromatic rings. The Bertz CT molecular complexity index is 1520. The molecule has 6 rings (SSSR count). The molecule has 172 valence electrons. The number of carbonyl (C=O) groups is 1. The first-order valence-electron chi connectivity index (χ1n) is 11.9. The van der Waals surface area contributed by atoms with E-state index in [4.69, 9.17) is 9.72 Å². The van der Waals surface area contributed by atoms with Crippen LogP contribution in [0.3, 0.4) is 0 Å². The zero-order valence-corrected chi connectivity index (χ0v) is 19.4. The van der Waals surface area contributed by atoms with Crippen molar-refractivity contribution in [3.05, 3.63) is 65.9 Å². The molecule has 1 amide bonds. The number of hydrogen-bond acceptors (Lipinski definition) is 5. The van der Waals surface area contributed by atoms with E-state index in [0.717, 1.165) is 40.6 Å². The van der Waals surface area contributed by atoms with Crippen LogP contribution in [0.5, 0.6) is 0 Å². The highest BCUT2D eigenvalue weighted by molar-refractivity contribution is 6.00. The van der Waals surface area contributed by atoms with Crippen molar-refractivity contribution in [3.8, 4) is 6.07 Å². The summed E-state index contributed by atoms with van der Waals surface area (Å²) in [6, 6.07) is 11.7. The molecule has 3 aromatic heterocycles. The first-order valence-corrected chi connectivity index (χ1v) is 11.9. The Morgan fingerprint density at radius 1 is 1.37 bits per heavy atom. The summed E-state index contributed by atoms with van der Waals surface area (Å²) in [4.78, 5) is 26.6. The summed E-state index contributed by atoms with van der Waals surface area (Å²) in [7, 11) is 0. The third-order valence-corrected chi connectivity index (χ3v) is 6.94. The van der Waals surface area contributed by atoms with Crippen molar-refractivity contribution in [2.24, 2.45) is 0 Å². The van der Waals surface area contributed by atoms with Crippen LogP contribution in [-0.2, 0) is 9.53 Å². The van der Waals surface area contributed by atoms with Gasteiger partial charge in [0, 0.05) is 31.1 Å². The van der Waals surface area contributed by atoms with Crippen LogP contribution in [0.2, 0.25) is 0 Å². The molecule has 2 aliphatic rings. The molecule has 5 heterocycles. The largest absolute Gasteiger partial charge is 0.387 e. The molecule has 3 atom stereocenters. The monoisotopic (exact) mass is 464 g/mol. The first-order chi connectivity index (χ1) is 17.1. The molecule has 2 saturated heterocycles. The van der Waals surface area contributed by atoms with E-state index in [9.17, 15) is 10.1 Å². The topological polar surface area (TPSA) is 97.9 Å². The number of imidazole rings is 1. The van der Waals surface area contributed by atoms with E-state index >= 15 is 0 Å². The highest BCUT2D eigenvalue weighted by Crippen LogP contribution is 2.37. The molecule has 0 bridgehead atoms. The normalized spacial score (nSPS) is 23.6. The van der Waals surface area contributed by atoms with Crippen molar-refractivity contribution in [2.45, 2.75) is 44.2 Å². The van der Waals surface area contributed by atoms with E-state index in [2.05, 4.69) is 33.7 Å². The van der Waals surface area contributed by atoms with Gasteiger partial charge < -0.3 is 9.30 Å². The van der Waals surface area contributed by atoms with Crippen molar-refractivity contribution in [3.63, 3.8) is 0 Å². The van der Waals surface area contributed by atoms with Crippen LogP contribution >= 0.6 is 0 Å². The summed E-state index contributed by atoms with van der Waals surface area (Å²) in [5, 5.41) is 10.4. The van der Waals surface area contributed by atoms with Crippen LogP contribution < -0.4 is 4.98 Å². The standard InChI is InChI=1S/C27H24N6O2/c1-17-9-21(6-8-35-17)33-26-22-10-18(12-28)4-5-23(22)30-14-24(26)31-27(33)20-11-25(34)32(16-20)15-19-3-2-7-29-13-19/h2-5,7,10,13,15,17,20-21H,6,8-9,11,16H2,1H3/q+2/t17-,20-,21?/m1/s1. The molecule has 0 aliphatic carbocycles. The van der Waals surface area contributed by atoms with Gasteiger partial charge in [0.05, 0.1) is 46.5 Å². The quantitative estimate of drug-likeness (QED) is 0.433. The summed E-state index contributed by atoms with van der Waals surface area (Å²) in [5.41, 5.74) is 3.85. The SMILES string of the molecule is C[C@@H]1CC(n2c([C@@H]3CC(=O)[N+](=Cc4cccnc4)C3)nc3c#[n+]c4ccc(C#N)cc4c32)CCO1. The molecule has 0 saturated carbocycles. The van der Waals surface area contributed by atoms with Crippen molar-refractivity contribution >= 4 is 34.1 Å². The third kappa shape index (κ3) is 3.82. The molecular weight excluding hydrogens is 440 g/mol. The lowest BCUT2D eigenvalue weighted by Crippen LogP contribution is -2.27. The molecule has 35 heavy (non-hydrogen) atoms. The summed E-state index contributed by atoms with van der Waals surface area (Å²) < 4.78 is 9.90. The second kappa shape index (κ2) is 8.57. The highest BCUT2D eigenvalue weighted by atomic mass is 16.5. The average Bonchev–Trinajstić information content (AvgIpc) is 3.45. The number of rotatable bonds is 3. The number of nitrogens with zero attached hydrogens (tertiary/aromatic N) is 6. The number of benzene rings is 1. The van der Waals surface area contributed by atoms with Gasteiger partial charge in [-0.25, -0.2) is 9.78 Å². The maximum Gasteiger partial charge on any atom is 0.387 e. The molecule has 8 heteroatoms. The zero-order valence-electron chi connectivity index (χ0n) is 19.4. The molecule has 2 fully saturated rings. The number of amides is 1. The number of nitriles is 1. The van der Waals surface area contributed by atoms with Crippen LogP contribution in [0.4, 0.5) is 0 Å². The fourth-order valence-corrected chi connectivity index (χ4v) is 5.32. The van der Waals surface area contributed by atoms with Crippen molar-refractivity contribution in [2.75, 3.05) is 13.2 Å². The fourth-order valence-electron chi connectivity index (χ4n) is 5.32. The predicted molar refractivity (Wildman–Crippen MR) is 127 cm³/mol. The molecule has 0 radical (unpaired) electrons. The second-order valence-electron chi connectivity index (χ2n) is 9.33. The van der Waals surface area contributed by atoms with Crippen molar-refractivity contribution in [1.29, 1.82) is 5.26 Å². The maximum absolute atomic E-state index is 13.0. The van der Waals surface area contributed by atoms with Crippen LogP contribution in [-0.4, -0.2) is 50.5 Å². The number of aromatic nitrogens is 4. The van der Waals surface area contributed by atoms with Crippen LogP contribution in [0.25, 0.3) is 21.9 Å². The van der Waals surface area contributed by atoms with Gasteiger partial charge in [-0.3, -0.25) is 4.98 Å². The summed E-state index contributed by atoms with van der Waals surface area (Å²) in [5.74, 6) is 0.877. The first kappa shape index (κ1) is 21.4. The molecular formula is C27H24N6O2+2. The second-order valence-corrected chi connectivity index (χ2v) is 9.33. The lowest BCUT2D eigenvalue weighted by Gasteiger charge is -2.30. The van der Waals surface area contributed by atoms with Gasteiger partial charge >= 0.3 is 17.6 Å². The van der Waals surface area contributed by atoms with Crippen molar-refractivity contribution < 1.29 is 19.1 Å². The van der Waals surface area contributed by atoms with Crippen LogP contribution in [0.1, 0.15) is 55.1 Å². The van der Waals surface area contributed by atoms with E-state index in [0.29, 0.717) is 30.7 Å². The van der Waals surface area contributed by atoms with Crippen molar-refractivity contribution in [1.82, 2.24) is 14.5 Å². The van der Waals surface area contributed by atoms with Gasteiger partial charge in [-0.15, -0.1) is 0 Å². The molecule has 1 aromatic carbocycles. The summed E-state index contributed by atoms with van der Waals surface area (Å²) in [6.45, 7) is 3.31. The lowest BCUT2D eigenvalue weighted by molar-refractivity contribution is -0.430. The van der Waals surface area contributed by atoms with E-state index in [1.54, 1.807) is 23.0 Å². The minimum Gasteiger partial charge on any atom is -0.378 e. The van der Waals surface area contributed by atoms with E-state index in [1.165, 1.54) is 0 Å². The van der Waals surface area contributed by atoms with E-state index < -0.39 is 0 Å². The Kier molecular flexibility index (Phi) is 5.24. The molecule has 0 N–H and O–H groups in total. The Morgan fingerprint density at radius 2 is 2.29 bits per heavy atom. The molecule has 1 unspecified atom stereocenters. The zero-order chi connectivity index (χ0) is 23.9. The van der Waals surface area contributed by atoms with Crippen LogP contribution in [0.15, 0.2) is 42.7 Å². The summed E-state index contributed by atoms with van der Waals surface area (Å²) >= 11 is 0. The molecule has 2 aliphatic heterocycles. The summed E-state index contributed by atoms with van der Waals surface area (Å²) in [6.07, 6.45) is 10.7. The molecule has 0 spiro atoms. The number of carbonyl (C=O) groups excluding carboxylic acids is 1. The lowest BCUT2D eigenvalue weighted by atomic mass is 10.0. The minimum absolute atomic E-state index is 0.0661. The van der Waals surface area contributed by atoms with Gasteiger partial charge in [-0.2, -0.15) is 9.84 Å². The Balaban J connectivity index is 1.51. The fraction of sp³-hybridized carbons (Fsp3) is 0.333. The number of hydrogen-bond donors (Lipinski definition) is 0.